The van der Waals surface area contributed by atoms with E-state index < -0.39 is 0 Å². The van der Waals surface area contributed by atoms with Gasteiger partial charge in [0.15, 0.2) is 0 Å². The van der Waals surface area contributed by atoms with Gasteiger partial charge in [-0.2, -0.15) is 0 Å². The molecule has 2 aromatic carbocycles. The van der Waals surface area contributed by atoms with Crippen molar-refractivity contribution in [1.82, 2.24) is 4.98 Å². The van der Waals surface area contributed by atoms with Crippen molar-refractivity contribution in [2.24, 2.45) is 0 Å². The van der Waals surface area contributed by atoms with Crippen molar-refractivity contribution in [2.45, 2.75) is 0 Å². The summed E-state index contributed by atoms with van der Waals surface area (Å²) in [5, 5.41) is 24.2. The van der Waals surface area contributed by atoms with Gasteiger partial charge in [-0.25, -0.2) is 0 Å². The molecular formula is C17H12N2O2S. The highest BCUT2D eigenvalue weighted by atomic mass is 32.1. The molecule has 108 valence electrons. The smallest absolute Gasteiger partial charge is 0.139 e. The Kier molecular flexibility index (Phi) is 2.71. The SMILES string of the molecule is Nc1ccc(-c2c(O)ccc3ncc4sccc4c23)cc1O. The van der Waals surface area contributed by atoms with Gasteiger partial charge in [-0.15, -0.1) is 11.3 Å². The molecule has 2 aromatic heterocycles. The number of benzene rings is 2. The second-order valence-corrected chi connectivity index (χ2v) is 6.03. The zero-order chi connectivity index (χ0) is 15.3. The Morgan fingerprint density at radius 3 is 2.68 bits per heavy atom. The number of anilines is 1. The fourth-order valence-corrected chi connectivity index (χ4v) is 3.47. The van der Waals surface area contributed by atoms with Crippen molar-refractivity contribution in [3.63, 3.8) is 0 Å². The summed E-state index contributed by atoms with van der Waals surface area (Å²) >= 11 is 1.60. The van der Waals surface area contributed by atoms with Crippen LogP contribution in [0.3, 0.4) is 0 Å². The summed E-state index contributed by atoms with van der Waals surface area (Å²) in [7, 11) is 0. The zero-order valence-corrected chi connectivity index (χ0v) is 12.3. The van der Waals surface area contributed by atoms with Crippen molar-refractivity contribution in [3.8, 4) is 22.6 Å². The van der Waals surface area contributed by atoms with E-state index in [9.17, 15) is 10.2 Å². The Balaban J connectivity index is 2.17. The molecule has 0 spiro atoms. The Morgan fingerprint density at radius 2 is 1.86 bits per heavy atom. The summed E-state index contributed by atoms with van der Waals surface area (Å²) in [5.74, 6) is 0.150. The lowest BCUT2D eigenvalue weighted by molar-refractivity contribution is 0.476. The van der Waals surface area contributed by atoms with Gasteiger partial charge in [0.1, 0.15) is 11.5 Å². The maximum atomic E-state index is 10.4. The number of pyridine rings is 1. The fraction of sp³-hybridized carbons (Fsp3) is 0. The molecule has 0 bridgehead atoms. The maximum Gasteiger partial charge on any atom is 0.139 e. The number of nitrogen functional groups attached to an aromatic ring is 1. The van der Waals surface area contributed by atoms with Gasteiger partial charge in [0.2, 0.25) is 0 Å². The minimum Gasteiger partial charge on any atom is -0.507 e. The lowest BCUT2D eigenvalue weighted by Crippen LogP contribution is -1.89. The molecule has 0 unspecified atom stereocenters. The topological polar surface area (TPSA) is 79.4 Å². The van der Waals surface area contributed by atoms with Crippen LogP contribution in [0.2, 0.25) is 0 Å². The van der Waals surface area contributed by atoms with Gasteiger partial charge >= 0.3 is 0 Å². The molecule has 0 aliphatic heterocycles. The minimum absolute atomic E-state index is 0.000596. The summed E-state index contributed by atoms with van der Waals surface area (Å²) < 4.78 is 1.05. The van der Waals surface area contributed by atoms with Crippen LogP contribution in [0.15, 0.2) is 48.0 Å². The fourth-order valence-electron chi connectivity index (χ4n) is 2.71. The largest absolute Gasteiger partial charge is 0.507 e. The molecule has 0 atom stereocenters. The molecule has 4 aromatic rings. The Hall–Kier alpha value is -2.79. The second-order valence-electron chi connectivity index (χ2n) is 5.08. The normalized spacial score (nSPS) is 11.3. The standard InChI is InChI=1S/C17H12N2O2S/c18-11-2-1-9(7-14(11)21)16-13(20)4-3-12-17(16)10-5-6-22-15(10)8-19-12/h1-8,20-21H,18H2. The predicted molar refractivity (Wildman–Crippen MR) is 90.3 cm³/mol. The molecule has 0 saturated heterocycles. The van der Waals surface area contributed by atoms with E-state index in [1.165, 1.54) is 0 Å². The molecule has 5 heteroatoms. The number of hydrogen-bond acceptors (Lipinski definition) is 5. The van der Waals surface area contributed by atoms with Crippen molar-refractivity contribution in [2.75, 3.05) is 5.73 Å². The monoisotopic (exact) mass is 308 g/mol. The third-order valence-corrected chi connectivity index (χ3v) is 4.62. The lowest BCUT2D eigenvalue weighted by atomic mass is 9.97. The van der Waals surface area contributed by atoms with Crippen LogP contribution in [0.1, 0.15) is 0 Å². The van der Waals surface area contributed by atoms with E-state index in [0.717, 1.165) is 21.0 Å². The molecule has 4 nitrogen and oxygen atoms in total. The lowest BCUT2D eigenvalue weighted by Gasteiger charge is -2.11. The Morgan fingerprint density at radius 1 is 1.00 bits per heavy atom. The van der Waals surface area contributed by atoms with Crippen molar-refractivity contribution >= 4 is 38.0 Å². The van der Waals surface area contributed by atoms with Crippen molar-refractivity contribution in [3.05, 3.63) is 48.0 Å². The van der Waals surface area contributed by atoms with E-state index >= 15 is 0 Å². The highest BCUT2D eigenvalue weighted by Crippen LogP contribution is 2.41. The Bertz CT molecular complexity index is 1020. The zero-order valence-electron chi connectivity index (χ0n) is 11.4. The van der Waals surface area contributed by atoms with Crippen molar-refractivity contribution in [1.29, 1.82) is 0 Å². The van der Waals surface area contributed by atoms with Crippen LogP contribution in [0, 0.1) is 0 Å². The molecule has 22 heavy (non-hydrogen) atoms. The van der Waals surface area contributed by atoms with Crippen LogP contribution in [-0.4, -0.2) is 15.2 Å². The number of aromatic hydroxyl groups is 2. The van der Waals surface area contributed by atoms with Gasteiger partial charge in [0.05, 0.1) is 15.9 Å². The molecule has 0 fully saturated rings. The maximum absolute atomic E-state index is 10.4. The van der Waals surface area contributed by atoms with E-state index in [0.29, 0.717) is 16.8 Å². The third-order valence-electron chi connectivity index (χ3n) is 3.77. The summed E-state index contributed by atoms with van der Waals surface area (Å²) in [5.41, 5.74) is 8.14. The van der Waals surface area contributed by atoms with Gasteiger partial charge in [0, 0.05) is 22.5 Å². The highest BCUT2D eigenvalue weighted by molar-refractivity contribution is 7.17. The molecule has 0 saturated carbocycles. The number of phenolic OH excluding ortho intramolecular Hbond substituents is 2. The average molecular weight is 308 g/mol. The second kappa shape index (κ2) is 4.61. The van der Waals surface area contributed by atoms with Gasteiger partial charge < -0.3 is 15.9 Å². The number of rotatable bonds is 1. The molecule has 0 radical (unpaired) electrons. The third kappa shape index (κ3) is 1.79. The molecule has 0 amide bonds. The van der Waals surface area contributed by atoms with Crippen molar-refractivity contribution < 1.29 is 10.2 Å². The summed E-state index contributed by atoms with van der Waals surface area (Å²) in [6.07, 6.45) is 1.84. The number of nitrogens with two attached hydrogens (primary N) is 1. The van der Waals surface area contributed by atoms with Crippen LogP contribution in [0.5, 0.6) is 11.5 Å². The molecule has 0 aliphatic carbocycles. The van der Waals surface area contributed by atoms with E-state index in [2.05, 4.69) is 4.98 Å². The summed E-state index contributed by atoms with van der Waals surface area (Å²) in [6, 6.07) is 10.4. The first kappa shape index (κ1) is 12.9. The van der Waals surface area contributed by atoms with E-state index in [1.54, 1.807) is 41.7 Å². The number of thiophene rings is 1. The van der Waals surface area contributed by atoms with Crippen LogP contribution in [0.4, 0.5) is 5.69 Å². The number of fused-ring (bicyclic) bond motifs is 3. The van der Waals surface area contributed by atoms with Crippen LogP contribution in [-0.2, 0) is 0 Å². The Labute approximate surface area is 130 Å². The van der Waals surface area contributed by atoms with E-state index in [-0.39, 0.29) is 11.5 Å². The molecule has 4 N–H and O–H groups in total. The van der Waals surface area contributed by atoms with Gasteiger partial charge in [-0.3, -0.25) is 4.98 Å². The first-order chi connectivity index (χ1) is 10.6. The molecule has 4 rings (SSSR count). The van der Waals surface area contributed by atoms with E-state index in [1.807, 2.05) is 17.6 Å². The van der Waals surface area contributed by atoms with E-state index in [4.69, 9.17) is 5.73 Å². The summed E-state index contributed by atoms with van der Waals surface area (Å²) in [4.78, 5) is 4.46. The number of nitrogens with zero attached hydrogens (tertiary/aromatic N) is 1. The highest BCUT2D eigenvalue weighted by Gasteiger charge is 2.14. The van der Waals surface area contributed by atoms with Crippen LogP contribution < -0.4 is 5.73 Å². The van der Waals surface area contributed by atoms with Gasteiger partial charge in [-0.1, -0.05) is 6.07 Å². The predicted octanol–water partition coefficient (Wildman–Crippen LogP) is 4.11. The number of phenols is 2. The minimum atomic E-state index is -0.000596. The van der Waals surface area contributed by atoms with Crippen LogP contribution >= 0.6 is 11.3 Å². The number of aromatic nitrogens is 1. The molecule has 2 heterocycles. The number of hydrogen-bond donors (Lipinski definition) is 3. The first-order valence-corrected chi connectivity index (χ1v) is 7.60. The van der Waals surface area contributed by atoms with Crippen LogP contribution in [0.25, 0.3) is 32.1 Å². The average Bonchev–Trinajstić information content (AvgIpc) is 2.99. The quantitative estimate of drug-likeness (QED) is 0.365. The van der Waals surface area contributed by atoms with Gasteiger partial charge in [0.25, 0.3) is 0 Å². The summed E-state index contributed by atoms with van der Waals surface area (Å²) in [6.45, 7) is 0. The molecule has 0 aliphatic rings. The molecular weight excluding hydrogens is 296 g/mol. The first-order valence-electron chi connectivity index (χ1n) is 6.72. The van der Waals surface area contributed by atoms with Gasteiger partial charge in [-0.05, 0) is 41.3 Å².